The molecule has 5 nitrogen and oxygen atoms in total. The van der Waals surface area contributed by atoms with E-state index in [2.05, 4.69) is 21.0 Å². The number of allylic oxidation sites excluding steroid dienone is 1. The van der Waals surface area contributed by atoms with Crippen LogP contribution in [0.15, 0.2) is 63.8 Å². The van der Waals surface area contributed by atoms with E-state index in [9.17, 15) is 4.79 Å². The number of ether oxygens (including phenoxy) is 1. The van der Waals surface area contributed by atoms with Gasteiger partial charge in [0.1, 0.15) is 23.9 Å². The first kappa shape index (κ1) is 16.3. The number of furan rings is 1. The minimum atomic E-state index is -0.119. The summed E-state index contributed by atoms with van der Waals surface area (Å²) in [6, 6.07) is 11.2. The Morgan fingerprint density at radius 2 is 2.25 bits per heavy atom. The molecule has 0 N–H and O–H groups in total. The molecule has 0 atom stereocenters. The predicted octanol–water partition coefficient (Wildman–Crippen LogP) is 4.25. The molecular formula is C18H15BrN2O3. The van der Waals surface area contributed by atoms with Crippen LogP contribution in [0.2, 0.25) is 0 Å². The van der Waals surface area contributed by atoms with Crippen molar-refractivity contribution in [2.24, 2.45) is 7.05 Å². The van der Waals surface area contributed by atoms with Crippen LogP contribution in [0.5, 0.6) is 5.75 Å². The SMILES string of the molecule is Cn1cc(C(=O)/C=C/c2ccc(COc3cccc(Br)c3)o2)cn1. The molecule has 0 amide bonds. The molecule has 6 heteroatoms. The fourth-order valence-corrected chi connectivity index (χ4v) is 2.45. The van der Waals surface area contributed by atoms with Crippen LogP contribution in [-0.2, 0) is 13.7 Å². The summed E-state index contributed by atoms with van der Waals surface area (Å²) in [6.07, 6.45) is 6.31. The van der Waals surface area contributed by atoms with Gasteiger partial charge in [0.2, 0.25) is 0 Å². The van der Waals surface area contributed by atoms with Gasteiger partial charge in [-0.25, -0.2) is 0 Å². The van der Waals surface area contributed by atoms with Gasteiger partial charge in [-0.15, -0.1) is 0 Å². The zero-order valence-corrected chi connectivity index (χ0v) is 14.6. The second-order valence-corrected chi connectivity index (χ2v) is 6.07. The molecule has 0 saturated heterocycles. The Balaban J connectivity index is 1.59. The maximum Gasteiger partial charge on any atom is 0.189 e. The lowest BCUT2D eigenvalue weighted by molar-refractivity contribution is 0.104. The molecule has 122 valence electrons. The number of hydrogen-bond acceptors (Lipinski definition) is 4. The number of benzene rings is 1. The van der Waals surface area contributed by atoms with Gasteiger partial charge in [0.15, 0.2) is 5.78 Å². The van der Waals surface area contributed by atoms with Crippen molar-refractivity contribution in [1.29, 1.82) is 0 Å². The Morgan fingerprint density at radius 1 is 1.38 bits per heavy atom. The molecule has 2 heterocycles. The lowest BCUT2D eigenvalue weighted by atomic mass is 10.2. The van der Waals surface area contributed by atoms with Crippen LogP contribution in [0.25, 0.3) is 6.08 Å². The summed E-state index contributed by atoms with van der Waals surface area (Å²) in [5.41, 5.74) is 0.540. The van der Waals surface area contributed by atoms with Gasteiger partial charge in [-0.1, -0.05) is 22.0 Å². The van der Waals surface area contributed by atoms with Gasteiger partial charge in [0.25, 0.3) is 0 Å². The van der Waals surface area contributed by atoms with Gasteiger partial charge in [-0.3, -0.25) is 9.48 Å². The van der Waals surface area contributed by atoms with E-state index in [1.807, 2.05) is 30.3 Å². The molecule has 3 rings (SSSR count). The summed E-state index contributed by atoms with van der Waals surface area (Å²) in [6.45, 7) is 0.320. The highest BCUT2D eigenvalue weighted by atomic mass is 79.9. The fraction of sp³-hybridized carbons (Fsp3) is 0.111. The second kappa shape index (κ2) is 7.31. The van der Waals surface area contributed by atoms with Crippen molar-refractivity contribution >= 4 is 27.8 Å². The number of carbonyl (C=O) groups excluding carboxylic acids is 1. The maximum atomic E-state index is 12.0. The van der Waals surface area contributed by atoms with Crippen LogP contribution in [-0.4, -0.2) is 15.6 Å². The first-order chi connectivity index (χ1) is 11.6. The molecule has 0 unspecified atom stereocenters. The lowest BCUT2D eigenvalue weighted by Gasteiger charge is -2.03. The molecule has 0 spiro atoms. The van der Waals surface area contributed by atoms with Gasteiger partial charge in [0.05, 0.1) is 11.8 Å². The molecule has 0 radical (unpaired) electrons. The van der Waals surface area contributed by atoms with Gasteiger partial charge in [-0.05, 0) is 42.5 Å². The van der Waals surface area contributed by atoms with Crippen molar-refractivity contribution in [3.05, 3.63) is 76.4 Å². The number of ketones is 1. The fourth-order valence-electron chi connectivity index (χ4n) is 2.08. The summed E-state index contributed by atoms with van der Waals surface area (Å²) in [5, 5.41) is 3.97. The molecule has 0 aliphatic heterocycles. The molecule has 0 saturated carbocycles. The highest BCUT2D eigenvalue weighted by Gasteiger charge is 2.05. The molecule has 1 aromatic carbocycles. The average molecular weight is 387 g/mol. The van der Waals surface area contributed by atoms with E-state index in [4.69, 9.17) is 9.15 Å². The van der Waals surface area contributed by atoms with E-state index in [-0.39, 0.29) is 5.78 Å². The van der Waals surface area contributed by atoms with Gasteiger partial charge in [0, 0.05) is 17.7 Å². The average Bonchev–Trinajstić information content (AvgIpc) is 3.20. The van der Waals surface area contributed by atoms with Gasteiger partial charge in [-0.2, -0.15) is 5.10 Å². The summed E-state index contributed by atoms with van der Waals surface area (Å²) in [7, 11) is 1.77. The van der Waals surface area contributed by atoms with Crippen molar-refractivity contribution in [1.82, 2.24) is 9.78 Å². The minimum Gasteiger partial charge on any atom is -0.486 e. The predicted molar refractivity (Wildman–Crippen MR) is 93.8 cm³/mol. The third kappa shape index (κ3) is 4.23. The lowest BCUT2D eigenvalue weighted by Crippen LogP contribution is -1.93. The molecule has 0 aliphatic rings. The standard InChI is InChI=1S/C18H15BrN2O3/c1-21-11-13(10-20-21)18(22)8-7-15-5-6-17(24-15)12-23-16-4-2-3-14(19)9-16/h2-11H,12H2,1H3/b8-7+. The van der Waals surface area contributed by atoms with E-state index < -0.39 is 0 Å². The largest absolute Gasteiger partial charge is 0.486 e. The Bertz CT molecular complexity index is 880. The monoisotopic (exact) mass is 386 g/mol. The van der Waals surface area contributed by atoms with Gasteiger partial charge < -0.3 is 9.15 Å². The summed E-state index contributed by atoms with van der Waals surface area (Å²) in [5.74, 6) is 1.92. The number of hydrogen-bond donors (Lipinski definition) is 0. The number of aromatic nitrogens is 2. The van der Waals surface area contributed by atoms with Crippen LogP contribution in [0, 0.1) is 0 Å². The van der Waals surface area contributed by atoms with Crippen molar-refractivity contribution in [3.8, 4) is 5.75 Å². The first-order valence-electron chi connectivity index (χ1n) is 7.28. The summed E-state index contributed by atoms with van der Waals surface area (Å²) in [4.78, 5) is 12.0. The highest BCUT2D eigenvalue weighted by Crippen LogP contribution is 2.19. The normalized spacial score (nSPS) is 11.1. The van der Waals surface area contributed by atoms with Crippen LogP contribution in [0.3, 0.4) is 0 Å². The molecular weight excluding hydrogens is 372 g/mol. The van der Waals surface area contributed by atoms with Crippen molar-refractivity contribution in [2.75, 3.05) is 0 Å². The number of rotatable bonds is 6. The molecule has 3 aromatic rings. The van der Waals surface area contributed by atoms with E-state index in [1.54, 1.807) is 30.1 Å². The smallest absolute Gasteiger partial charge is 0.189 e. The highest BCUT2D eigenvalue weighted by molar-refractivity contribution is 9.10. The second-order valence-electron chi connectivity index (χ2n) is 5.15. The Hall–Kier alpha value is -2.60. The van der Waals surface area contributed by atoms with Crippen molar-refractivity contribution in [3.63, 3.8) is 0 Å². The number of carbonyl (C=O) groups is 1. The number of halogens is 1. The third-order valence-corrected chi connectivity index (χ3v) is 3.74. The van der Waals surface area contributed by atoms with Crippen LogP contribution in [0.1, 0.15) is 21.9 Å². The Morgan fingerprint density at radius 3 is 3.00 bits per heavy atom. The zero-order valence-electron chi connectivity index (χ0n) is 13.0. The van der Waals surface area contributed by atoms with E-state index in [0.29, 0.717) is 23.7 Å². The van der Waals surface area contributed by atoms with E-state index >= 15 is 0 Å². The van der Waals surface area contributed by atoms with Crippen LogP contribution >= 0.6 is 15.9 Å². The minimum absolute atomic E-state index is 0.119. The molecule has 2 aromatic heterocycles. The third-order valence-electron chi connectivity index (χ3n) is 3.25. The van der Waals surface area contributed by atoms with E-state index in [0.717, 1.165) is 10.2 Å². The van der Waals surface area contributed by atoms with Crippen LogP contribution < -0.4 is 4.74 Å². The Kier molecular flexibility index (Phi) is 4.96. The molecule has 0 fully saturated rings. The quantitative estimate of drug-likeness (QED) is 0.469. The molecule has 0 bridgehead atoms. The van der Waals surface area contributed by atoms with Crippen molar-refractivity contribution in [2.45, 2.75) is 6.61 Å². The van der Waals surface area contributed by atoms with E-state index in [1.165, 1.54) is 12.3 Å². The summed E-state index contributed by atoms with van der Waals surface area (Å²) >= 11 is 3.40. The van der Waals surface area contributed by atoms with Crippen LogP contribution in [0.4, 0.5) is 0 Å². The number of nitrogens with zero attached hydrogens (tertiary/aromatic N) is 2. The molecule has 0 aliphatic carbocycles. The maximum absolute atomic E-state index is 12.0. The topological polar surface area (TPSA) is 57.3 Å². The van der Waals surface area contributed by atoms with Crippen molar-refractivity contribution < 1.29 is 13.9 Å². The Labute approximate surface area is 147 Å². The zero-order chi connectivity index (χ0) is 16.9. The number of aryl methyl sites for hydroxylation is 1. The molecule has 24 heavy (non-hydrogen) atoms. The summed E-state index contributed by atoms with van der Waals surface area (Å²) < 4.78 is 13.8. The first-order valence-corrected chi connectivity index (χ1v) is 8.07. The van der Waals surface area contributed by atoms with Gasteiger partial charge >= 0.3 is 0 Å².